The van der Waals surface area contributed by atoms with Crippen molar-refractivity contribution < 1.29 is 9.18 Å². The molecule has 0 fully saturated rings. The average Bonchev–Trinajstić information content (AvgIpc) is 2.45. The number of aromatic nitrogens is 1. The molecule has 1 heterocycles. The Morgan fingerprint density at radius 3 is 3.00 bits per heavy atom. The first-order valence-electron chi connectivity index (χ1n) is 6.41. The third-order valence-electron chi connectivity index (χ3n) is 2.76. The van der Waals surface area contributed by atoms with Gasteiger partial charge in [0, 0.05) is 18.0 Å². The van der Waals surface area contributed by atoms with E-state index in [1.165, 1.54) is 18.2 Å². The number of fused-ring (bicyclic) bond motifs is 1. The number of carbonyl (C=O) groups excluding carboxylic acids is 1. The molecule has 5 heteroatoms. The lowest BCUT2D eigenvalue weighted by Crippen LogP contribution is -2.23. The Kier molecular flexibility index (Phi) is 4.79. The first kappa shape index (κ1) is 14.1. The number of rotatable bonds is 5. The summed E-state index contributed by atoms with van der Waals surface area (Å²) < 4.78 is 13.0. The predicted molar refractivity (Wildman–Crippen MR) is 77.4 cm³/mol. The second-order valence-corrected chi connectivity index (χ2v) is 4.34. The molecule has 104 valence electrons. The van der Waals surface area contributed by atoms with E-state index in [1.54, 1.807) is 24.3 Å². The van der Waals surface area contributed by atoms with Crippen molar-refractivity contribution in [2.24, 2.45) is 5.73 Å². The van der Waals surface area contributed by atoms with Gasteiger partial charge in [-0.05, 0) is 43.3 Å². The van der Waals surface area contributed by atoms with Crippen LogP contribution in [0, 0.1) is 5.82 Å². The highest BCUT2D eigenvalue weighted by atomic mass is 19.1. The minimum Gasteiger partial charge on any atom is -0.353 e. The van der Waals surface area contributed by atoms with Crippen molar-refractivity contribution in [2.45, 2.75) is 6.42 Å². The van der Waals surface area contributed by atoms with Crippen LogP contribution in [0.15, 0.2) is 36.4 Å². The molecule has 0 spiro atoms. The molecule has 0 unspecified atom stereocenters. The zero-order valence-corrected chi connectivity index (χ0v) is 11.0. The third kappa shape index (κ3) is 3.86. The number of hydrogen-bond donors (Lipinski definition) is 2. The Hall–Kier alpha value is -2.27. The minimum absolute atomic E-state index is 0.181. The molecule has 20 heavy (non-hydrogen) atoms. The summed E-state index contributed by atoms with van der Waals surface area (Å²) in [6.07, 6.45) is 3.80. The van der Waals surface area contributed by atoms with Gasteiger partial charge in [-0.2, -0.15) is 0 Å². The van der Waals surface area contributed by atoms with Crippen molar-refractivity contribution in [2.75, 3.05) is 13.1 Å². The van der Waals surface area contributed by atoms with Crippen molar-refractivity contribution in [3.63, 3.8) is 0 Å². The van der Waals surface area contributed by atoms with Gasteiger partial charge < -0.3 is 11.1 Å². The Balaban J connectivity index is 2.06. The Bertz CT molecular complexity index is 640. The summed E-state index contributed by atoms with van der Waals surface area (Å²) in [5.74, 6) is -0.471. The predicted octanol–water partition coefficient (Wildman–Crippen LogP) is 1.85. The van der Waals surface area contributed by atoms with E-state index in [-0.39, 0.29) is 11.7 Å². The molecule has 0 atom stereocenters. The summed E-state index contributed by atoms with van der Waals surface area (Å²) in [6.45, 7) is 1.11. The number of amides is 1. The van der Waals surface area contributed by atoms with Gasteiger partial charge >= 0.3 is 0 Å². The highest BCUT2D eigenvalue weighted by Crippen LogP contribution is 2.14. The van der Waals surface area contributed by atoms with Crippen LogP contribution in [0.2, 0.25) is 0 Å². The molecule has 0 aliphatic rings. The summed E-state index contributed by atoms with van der Waals surface area (Å²) in [5, 5.41) is 3.45. The molecule has 2 aromatic rings. The first-order valence-corrected chi connectivity index (χ1v) is 6.41. The van der Waals surface area contributed by atoms with Crippen LogP contribution in [0.25, 0.3) is 17.0 Å². The Morgan fingerprint density at radius 2 is 2.20 bits per heavy atom. The molecule has 1 aromatic carbocycles. The number of pyridine rings is 1. The van der Waals surface area contributed by atoms with E-state index in [0.717, 1.165) is 11.8 Å². The number of nitrogens with one attached hydrogen (secondary N) is 1. The third-order valence-corrected chi connectivity index (χ3v) is 2.76. The van der Waals surface area contributed by atoms with Crippen LogP contribution < -0.4 is 11.1 Å². The molecular formula is C15H16FN3O. The molecule has 0 aliphatic carbocycles. The molecule has 0 radical (unpaired) electrons. The summed E-state index contributed by atoms with van der Waals surface area (Å²) in [6, 6.07) is 7.92. The number of halogens is 1. The molecule has 0 bridgehead atoms. The standard InChI is InChI=1S/C15H16FN3O/c16-12-3-6-14-11(10-12)2-4-13(19-14)5-7-15(20)18-9-1-8-17/h2-7,10H,1,8-9,17H2,(H,18,20)/b7-5+. The van der Waals surface area contributed by atoms with Crippen molar-refractivity contribution in [3.05, 3.63) is 47.9 Å². The number of carbonyl (C=O) groups is 1. The molecule has 1 aromatic heterocycles. The Morgan fingerprint density at radius 1 is 1.35 bits per heavy atom. The van der Waals surface area contributed by atoms with Gasteiger partial charge in [-0.1, -0.05) is 6.07 Å². The summed E-state index contributed by atoms with van der Waals surface area (Å²) >= 11 is 0. The summed E-state index contributed by atoms with van der Waals surface area (Å²) in [5.41, 5.74) is 6.68. The van der Waals surface area contributed by atoms with Gasteiger partial charge in [0.15, 0.2) is 0 Å². The van der Waals surface area contributed by atoms with Gasteiger partial charge in [0.25, 0.3) is 0 Å². The quantitative estimate of drug-likeness (QED) is 0.645. The van der Waals surface area contributed by atoms with E-state index < -0.39 is 0 Å². The largest absolute Gasteiger partial charge is 0.353 e. The lowest BCUT2D eigenvalue weighted by molar-refractivity contribution is -0.116. The van der Waals surface area contributed by atoms with Crippen LogP contribution in [0.3, 0.4) is 0 Å². The minimum atomic E-state index is -0.290. The number of hydrogen-bond acceptors (Lipinski definition) is 3. The lowest BCUT2D eigenvalue weighted by Gasteiger charge is -2.00. The van der Waals surface area contributed by atoms with Crippen molar-refractivity contribution in [3.8, 4) is 0 Å². The second kappa shape index (κ2) is 6.77. The van der Waals surface area contributed by atoms with Crippen LogP contribution in [-0.4, -0.2) is 24.0 Å². The first-order chi connectivity index (χ1) is 9.69. The van der Waals surface area contributed by atoms with Gasteiger partial charge in [0.1, 0.15) is 5.82 Å². The maximum atomic E-state index is 13.0. The fourth-order valence-electron chi connectivity index (χ4n) is 1.74. The molecule has 0 aliphatic heterocycles. The van der Waals surface area contributed by atoms with Gasteiger partial charge in [0.2, 0.25) is 5.91 Å². The van der Waals surface area contributed by atoms with E-state index in [1.807, 2.05) is 0 Å². The number of benzene rings is 1. The zero-order chi connectivity index (χ0) is 14.4. The second-order valence-electron chi connectivity index (χ2n) is 4.34. The maximum absolute atomic E-state index is 13.0. The smallest absolute Gasteiger partial charge is 0.244 e. The molecular weight excluding hydrogens is 257 g/mol. The van der Waals surface area contributed by atoms with Gasteiger partial charge in [0.05, 0.1) is 11.2 Å². The molecule has 2 rings (SSSR count). The fourth-order valence-corrected chi connectivity index (χ4v) is 1.74. The molecule has 3 N–H and O–H groups in total. The lowest BCUT2D eigenvalue weighted by atomic mass is 10.2. The van der Waals surface area contributed by atoms with Crippen LogP contribution in [0.1, 0.15) is 12.1 Å². The Labute approximate surface area is 116 Å². The topological polar surface area (TPSA) is 68.0 Å². The normalized spacial score (nSPS) is 11.1. The maximum Gasteiger partial charge on any atom is 0.244 e. The van der Waals surface area contributed by atoms with Gasteiger partial charge in [-0.3, -0.25) is 4.79 Å². The van der Waals surface area contributed by atoms with E-state index >= 15 is 0 Å². The SMILES string of the molecule is NCCCNC(=O)/C=C/c1ccc2cc(F)ccc2n1. The van der Waals surface area contributed by atoms with Crippen LogP contribution in [-0.2, 0) is 4.79 Å². The van der Waals surface area contributed by atoms with E-state index in [4.69, 9.17) is 5.73 Å². The van der Waals surface area contributed by atoms with Crippen LogP contribution >= 0.6 is 0 Å². The molecule has 1 amide bonds. The molecule has 4 nitrogen and oxygen atoms in total. The highest BCUT2D eigenvalue weighted by molar-refractivity contribution is 5.91. The zero-order valence-electron chi connectivity index (χ0n) is 11.0. The van der Waals surface area contributed by atoms with Crippen molar-refractivity contribution >= 4 is 22.9 Å². The van der Waals surface area contributed by atoms with E-state index in [9.17, 15) is 9.18 Å². The van der Waals surface area contributed by atoms with Crippen molar-refractivity contribution in [1.82, 2.24) is 10.3 Å². The van der Waals surface area contributed by atoms with E-state index in [0.29, 0.717) is 24.3 Å². The summed E-state index contributed by atoms with van der Waals surface area (Å²) in [7, 11) is 0. The van der Waals surface area contributed by atoms with Gasteiger partial charge in [-0.25, -0.2) is 9.37 Å². The highest BCUT2D eigenvalue weighted by Gasteiger charge is 1.99. The average molecular weight is 273 g/mol. The number of nitrogens with zero attached hydrogens (tertiary/aromatic N) is 1. The van der Waals surface area contributed by atoms with Gasteiger partial charge in [-0.15, -0.1) is 0 Å². The summed E-state index contributed by atoms with van der Waals surface area (Å²) in [4.78, 5) is 15.8. The fraction of sp³-hybridized carbons (Fsp3) is 0.200. The van der Waals surface area contributed by atoms with Crippen molar-refractivity contribution in [1.29, 1.82) is 0 Å². The monoisotopic (exact) mass is 273 g/mol. The molecule has 0 saturated carbocycles. The number of nitrogens with two attached hydrogens (primary N) is 1. The van der Waals surface area contributed by atoms with Crippen LogP contribution in [0.5, 0.6) is 0 Å². The molecule has 0 saturated heterocycles. The van der Waals surface area contributed by atoms with Crippen LogP contribution in [0.4, 0.5) is 4.39 Å². The van der Waals surface area contributed by atoms with E-state index in [2.05, 4.69) is 10.3 Å².